The van der Waals surface area contributed by atoms with E-state index in [4.69, 9.17) is 0 Å². The van der Waals surface area contributed by atoms with Gasteiger partial charge in [0.05, 0.1) is 6.54 Å². The predicted octanol–water partition coefficient (Wildman–Crippen LogP) is 2.91. The lowest BCUT2D eigenvalue weighted by Gasteiger charge is -2.32. The lowest BCUT2D eigenvalue weighted by molar-refractivity contribution is 0.255. The number of nitrogens with one attached hydrogen (secondary N) is 2. The van der Waals surface area contributed by atoms with E-state index >= 15 is 0 Å². The van der Waals surface area contributed by atoms with Crippen LogP contribution in [-0.4, -0.2) is 39.8 Å². The van der Waals surface area contributed by atoms with Crippen molar-refractivity contribution in [3.05, 3.63) is 0 Å². The minimum absolute atomic E-state index is 0.157. The molecule has 4 nitrogen and oxygen atoms in total. The van der Waals surface area contributed by atoms with Crippen LogP contribution in [0.2, 0.25) is 0 Å². The monoisotopic (exact) mass is 329 g/mol. The van der Waals surface area contributed by atoms with Crippen molar-refractivity contribution in [1.29, 1.82) is 0 Å². The van der Waals surface area contributed by atoms with Gasteiger partial charge >= 0.3 is 0 Å². The van der Waals surface area contributed by atoms with Crippen LogP contribution in [-0.2, 0) is 10.8 Å². The zero-order valence-corrected chi connectivity index (χ0v) is 16.1. The summed E-state index contributed by atoms with van der Waals surface area (Å²) in [5.41, 5.74) is 0. The van der Waals surface area contributed by atoms with Crippen LogP contribution in [0.1, 0.15) is 60.8 Å². The number of rotatable bonds is 5. The van der Waals surface area contributed by atoms with Crippen molar-refractivity contribution in [1.82, 2.24) is 10.6 Å². The zero-order valence-electron chi connectivity index (χ0n) is 15.2. The highest BCUT2D eigenvalue weighted by Crippen LogP contribution is 2.28. The molecule has 0 amide bonds. The van der Waals surface area contributed by atoms with Gasteiger partial charge in [-0.1, -0.05) is 13.8 Å². The summed E-state index contributed by atoms with van der Waals surface area (Å²) >= 11 is 0. The van der Waals surface area contributed by atoms with Gasteiger partial charge in [0, 0.05) is 33.9 Å². The van der Waals surface area contributed by atoms with Gasteiger partial charge in [-0.3, -0.25) is 9.20 Å². The fourth-order valence-corrected chi connectivity index (χ4v) is 3.99. The smallest absolute Gasteiger partial charge is 0.191 e. The first-order chi connectivity index (χ1) is 10.2. The van der Waals surface area contributed by atoms with E-state index in [2.05, 4.69) is 36.4 Å². The SMILES string of the molecule is CCNC(=NCCS(=O)C(C)(C)C)NC1CC(C)CC(C)C1. The number of aliphatic imine (C=N–C) groups is 1. The van der Waals surface area contributed by atoms with Gasteiger partial charge < -0.3 is 10.6 Å². The number of nitrogens with zero attached hydrogens (tertiary/aromatic N) is 1. The van der Waals surface area contributed by atoms with Crippen molar-refractivity contribution >= 4 is 16.8 Å². The van der Waals surface area contributed by atoms with Crippen molar-refractivity contribution in [2.24, 2.45) is 16.8 Å². The Morgan fingerprint density at radius 1 is 1.18 bits per heavy atom. The molecule has 130 valence electrons. The molecule has 0 aromatic heterocycles. The van der Waals surface area contributed by atoms with Crippen LogP contribution in [0, 0.1) is 11.8 Å². The summed E-state index contributed by atoms with van der Waals surface area (Å²) < 4.78 is 11.9. The van der Waals surface area contributed by atoms with E-state index in [1.807, 2.05) is 20.8 Å². The Balaban J connectivity index is 2.53. The Hall–Kier alpha value is -0.580. The normalized spacial score (nSPS) is 28.3. The lowest BCUT2D eigenvalue weighted by atomic mass is 9.80. The van der Waals surface area contributed by atoms with Crippen LogP contribution in [0.15, 0.2) is 4.99 Å². The van der Waals surface area contributed by atoms with Crippen LogP contribution in [0.25, 0.3) is 0 Å². The molecule has 22 heavy (non-hydrogen) atoms. The van der Waals surface area contributed by atoms with E-state index < -0.39 is 10.8 Å². The molecule has 1 aliphatic carbocycles. The zero-order chi connectivity index (χ0) is 16.8. The third kappa shape index (κ3) is 7.12. The maximum atomic E-state index is 12.1. The summed E-state index contributed by atoms with van der Waals surface area (Å²) in [6, 6.07) is 0.504. The summed E-state index contributed by atoms with van der Waals surface area (Å²) in [6.07, 6.45) is 3.75. The quantitative estimate of drug-likeness (QED) is 0.602. The standard InChI is InChI=1S/C17H35N3OS/c1-7-18-16(19-8-9-22(21)17(4,5)6)20-15-11-13(2)10-14(3)12-15/h13-15H,7-12H2,1-6H3,(H2,18,19,20). The summed E-state index contributed by atoms with van der Waals surface area (Å²) in [5, 5.41) is 6.88. The molecule has 0 spiro atoms. The second-order valence-corrected chi connectivity index (χ2v) is 10.0. The van der Waals surface area contributed by atoms with Gasteiger partial charge in [-0.2, -0.15) is 0 Å². The number of hydrogen-bond donors (Lipinski definition) is 2. The van der Waals surface area contributed by atoms with Gasteiger partial charge in [-0.05, 0) is 58.8 Å². The van der Waals surface area contributed by atoms with Crippen molar-refractivity contribution in [2.45, 2.75) is 71.6 Å². The van der Waals surface area contributed by atoms with E-state index in [0.717, 1.165) is 24.3 Å². The average molecular weight is 330 g/mol. The Morgan fingerprint density at radius 3 is 2.27 bits per heavy atom. The molecule has 3 unspecified atom stereocenters. The maximum absolute atomic E-state index is 12.1. The molecule has 0 bridgehead atoms. The Labute approximate surface area is 139 Å². The minimum Gasteiger partial charge on any atom is -0.357 e. The van der Waals surface area contributed by atoms with Gasteiger partial charge in [-0.15, -0.1) is 0 Å². The fraction of sp³-hybridized carbons (Fsp3) is 0.941. The van der Waals surface area contributed by atoms with Crippen molar-refractivity contribution in [2.75, 3.05) is 18.8 Å². The first-order valence-corrected chi connectivity index (χ1v) is 9.97. The topological polar surface area (TPSA) is 53.5 Å². The molecular weight excluding hydrogens is 294 g/mol. The van der Waals surface area contributed by atoms with Crippen molar-refractivity contribution in [3.8, 4) is 0 Å². The highest BCUT2D eigenvalue weighted by Gasteiger charge is 2.24. The lowest BCUT2D eigenvalue weighted by Crippen LogP contribution is -2.46. The van der Waals surface area contributed by atoms with Crippen LogP contribution in [0.3, 0.4) is 0 Å². The van der Waals surface area contributed by atoms with Gasteiger partial charge in [-0.25, -0.2) is 0 Å². The molecule has 1 fully saturated rings. The van der Waals surface area contributed by atoms with E-state index in [-0.39, 0.29) is 4.75 Å². The van der Waals surface area contributed by atoms with Crippen molar-refractivity contribution < 1.29 is 4.21 Å². The second-order valence-electron chi connectivity index (χ2n) is 7.68. The summed E-state index contributed by atoms with van der Waals surface area (Å²) in [7, 11) is -0.838. The molecule has 1 saturated carbocycles. The molecular formula is C17H35N3OS. The van der Waals surface area contributed by atoms with Gasteiger partial charge in [0.25, 0.3) is 0 Å². The molecule has 0 heterocycles. The minimum atomic E-state index is -0.838. The van der Waals surface area contributed by atoms with E-state index in [9.17, 15) is 4.21 Å². The molecule has 2 N–H and O–H groups in total. The third-order valence-electron chi connectivity index (χ3n) is 4.09. The van der Waals surface area contributed by atoms with E-state index in [1.165, 1.54) is 19.3 Å². The van der Waals surface area contributed by atoms with Crippen LogP contribution >= 0.6 is 0 Å². The summed E-state index contributed by atoms with van der Waals surface area (Å²) in [6.45, 7) is 14.3. The summed E-state index contributed by atoms with van der Waals surface area (Å²) in [5.74, 6) is 3.05. The first kappa shape index (κ1) is 19.5. The average Bonchev–Trinajstić information content (AvgIpc) is 2.36. The van der Waals surface area contributed by atoms with Crippen LogP contribution in [0.5, 0.6) is 0 Å². The largest absolute Gasteiger partial charge is 0.357 e. The number of guanidine groups is 1. The fourth-order valence-electron chi connectivity index (χ4n) is 3.12. The van der Waals surface area contributed by atoms with E-state index in [0.29, 0.717) is 18.3 Å². The van der Waals surface area contributed by atoms with Gasteiger partial charge in [0.1, 0.15) is 0 Å². The molecule has 0 radical (unpaired) electrons. The van der Waals surface area contributed by atoms with E-state index in [1.54, 1.807) is 0 Å². The molecule has 1 rings (SSSR count). The molecule has 0 aromatic rings. The molecule has 0 aliphatic heterocycles. The summed E-state index contributed by atoms with van der Waals surface area (Å²) in [4.78, 5) is 4.61. The Bertz CT molecular complexity index is 380. The highest BCUT2D eigenvalue weighted by atomic mass is 32.2. The third-order valence-corrected chi connectivity index (χ3v) is 6.01. The second kappa shape index (κ2) is 8.90. The molecule has 3 atom stereocenters. The van der Waals surface area contributed by atoms with Gasteiger partial charge in [0.15, 0.2) is 5.96 Å². The van der Waals surface area contributed by atoms with Crippen molar-refractivity contribution in [3.63, 3.8) is 0 Å². The maximum Gasteiger partial charge on any atom is 0.191 e. The predicted molar refractivity (Wildman–Crippen MR) is 97.8 cm³/mol. The molecule has 1 aliphatic rings. The first-order valence-electron chi connectivity index (χ1n) is 8.65. The molecule has 0 aromatic carbocycles. The molecule has 0 saturated heterocycles. The Kier molecular flexibility index (Phi) is 7.87. The molecule has 5 heteroatoms. The Morgan fingerprint density at radius 2 is 1.77 bits per heavy atom. The van der Waals surface area contributed by atoms with Crippen LogP contribution < -0.4 is 10.6 Å². The van der Waals surface area contributed by atoms with Crippen LogP contribution in [0.4, 0.5) is 0 Å². The van der Waals surface area contributed by atoms with Gasteiger partial charge in [0.2, 0.25) is 0 Å². The highest BCUT2D eigenvalue weighted by molar-refractivity contribution is 7.86. The number of hydrogen-bond acceptors (Lipinski definition) is 2.